The molecule has 1 atom stereocenters. The van der Waals surface area contributed by atoms with Gasteiger partial charge in [0.05, 0.1) is 11.6 Å². The highest BCUT2D eigenvalue weighted by atomic mass is 35.5. The smallest absolute Gasteiger partial charge is 0.141 e. The van der Waals surface area contributed by atoms with Crippen molar-refractivity contribution >= 4 is 22.5 Å². The van der Waals surface area contributed by atoms with Crippen molar-refractivity contribution in [2.75, 3.05) is 0 Å². The largest absolute Gasteiger partial charge is 0.153 e. The van der Waals surface area contributed by atoms with Crippen LogP contribution in [0.5, 0.6) is 0 Å². The van der Waals surface area contributed by atoms with Gasteiger partial charge in [0, 0.05) is 0 Å². The molecule has 2 aliphatic rings. The molecule has 1 heterocycles. The Hall–Kier alpha value is -0.890. The van der Waals surface area contributed by atoms with Crippen LogP contribution in [0.15, 0.2) is 34.5 Å². The van der Waals surface area contributed by atoms with Crippen molar-refractivity contribution in [2.45, 2.75) is 0 Å². The Morgan fingerprint density at radius 3 is 3.00 bits per heavy atom. The highest BCUT2D eigenvalue weighted by Gasteiger charge is 2.22. The van der Waals surface area contributed by atoms with E-state index >= 15 is 0 Å². The zero-order valence-corrected chi connectivity index (χ0v) is 5.92. The summed E-state index contributed by atoms with van der Waals surface area (Å²) in [5.74, 6) is 0.131. The molecule has 2 rings (SSSR count). The second-order valence-corrected chi connectivity index (χ2v) is 2.56. The summed E-state index contributed by atoms with van der Waals surface area (Å²) in [7, 11) is 0. The maximum atomic E-state index is 5.74. The topological polar surface area (TPSA) is 24.7 Å². The van der Waals surface area contributed by atoms with Gasteiger partial charge in [-0.2, -0.15) is 5.10 Å². The quantitative estimate of drug-likeness (QED) is 0.505. The molecule has 0 saturated heterocycles. The normalized spacial score (nSPS) is 27.9. The Labute approximate surface area is 63.6 Å². The maximum Gasteiger partial charge on any atom is 0.141 e. The van der Waals surface area contributed by atoms with E-state index in [0.717, 1.165) is 5.71 Å². The predicted octanol–water partition coefficient (Wildman–Crippen LogP) is 1.74. The SMILES string of the molecule is ClC1=NN=C2C=CC=C[C@H]12. The van der Waals surface area contributed by atoms with Gasteiger partial charge in [-0.3, -0.25) is 0 Å². The molecule has 3 heteroatoms. The highest BCUT2D eigenvalue weighted by Crippen LogP contribution is 2.19. The number of hydrogen-bond acceptors (Lipinski definition) is 2. The van der Waals surface area contributed by atoms with Crippen LogP contribution in [-0.2, 0) is 0 Å². The molecule has 2 nitrogen and oxygen atoms in total. The molecular weight excluding hydrogens is 148 g/mol. The number of rotatable bonds is 0. The van der Waals surface area contributed by atoms with E-state index in [0.29, 0.717) is 5.17 Å². The summed E-state index contributed by atoms with van der Waals surface area (Å²) < 4.78 is 0. The van der Waals surface area contributed by atoms with Crippen LogP contribution >= 0.6 is 11.6 Å². The van der Waals surface area contributed by atoms with E-state index in [4.69, 9.17) is 11.6 Å². The van der Waals surface area contributed by atoms with Gasteiger partial charge in [0.15, 0.2) is 0 Å². The van der Waals surface area contributed by atoms with Crippen LogP contribution in [0.4, 0.5) is 0 Å². The fourth-order valence-electron chi connectivity index (χ4n) is 0.996. The Balaban J connectivity index is 2.39. The lowest BCUT2D eigenvalue weighted by Crippen LogP contribution is -2.13. The van der Waals surface area contributed by atoms with E-state index in [-0.39, 0.29) is 5.92 Å². The first-order chi connectivity index (χ1) is 4.88. The Kier molecular flexibility index (Phi) is 1.21. The fourth-order valence-corrected chi connectivity index (χ4v) is 1.22. The van der Waals surface area contributed by atoms with Crippen molar-refractivity contribution < 1.29 is 0 Å². The van der Waals surface area contributed by atoms with Gasteiger partial charge >= 0.3 is 0 Å². The summed E-state index contributed by atoms with van der Waals surface area (Å²) in [5.41, 5.74) is 0.938. The molecule has 0 aromatic rings. The number of allylic oxidation sites excluding steroid dienone is 4. The molecule has 1 aliphatic carbocycles. The van der Waals surface area contributed by atoms with E-state index in [9.17, 15) is 0 Å². The monoisotopic (exact) mass is 152 g/mol. The molecule has 0 radical (unpaired) electrons. The van der Waals surface area contributed by atoms with E-state index in [2.05, 4.69) is 10.2 Å². The van der Waals surface area contributed by atoms with Crippen LogP contribution in [0.25, 0.3) is 0 Å². The number of fused-ring (bicyclic) bond motifs is 1. The van der Waals surface area contributed by atoms with Gasteiger partial charge in [-0.05, 0) is 6.08 Å². The predicted molar refractivity (Wildman–Crippen MR) is 42.5 cm³/mol. The second-order valence-electron chi connectivity index (χ2n) is 2.17. The molecule has 0 aromatic heterocycles. The van der Waals surface area contributed by atoms with Crippen LogP contribution in [0, 0.1) is 5.92 Å². The van der Waals surface area contributed by atoms with Crippen molar-refractivity contribution in [1.82, 2.24) is 0 Å². The van der Waals surface area contributed by atoms with E-state index in [1.54, 1.807) is 0 Å². The van der Waals surface area contributed by atoms with Crippen molar-refractivity contribution in [3.8, 4) is 0 Å². The minimum absolute atomic E-state index is 0.131. The molecule has 0 fully saturated rings. The summed E-state index contributed by atoms with van der Waals surface area (Å²) >= 11 is 5.74. The van der Waals surface area contributed by atoms with Crippen LogP contribution in [-0.4, -0.2) is 10.9 Å². The molecular formula is C7H5ClN2. The highest BCUT2D eigenvalue weighted by molar-refractivity contribution is 6.68. The lowest BCUT2D eigenvalue weighted by molar-refractivity contribution is 1.26. The van der Waals surface area contributed by atoms with Crippen LogP contribution < -0.4 is 0 Å². The summed E-state index contributed by atoms with van der Waals surface area (Å²) in [6, 6.07) is 0. The Bertz CT molecular complexity index is 273. The molecule has 0 spiro atoms. The number of hydrogen-bond donors (Lipinski definition) is 0. The minimum atomic E-state index is 0.131. The Morgan fingerprint density at radius 2 is 2.20 bits per heavy atom. The van der Waals surface area contributed by atoms with Gasteiger partial charge in [-0.15, -0.1) is 5.10 Å². The van der Waals surface area contributed by atoms with Gasteiger partial charge in [0.25, 0.3) is 0 Å². The molecule has 1 aliphatic heterocycles. The van der Waals surface area contributed by atoms with Gasteiger partial charge in [-0.1, -0.05) is 29.8 Å². The van der Waals surface area contributed by atoms with Gasteiger partial charge in [0.2, 0.25) is 0 Å². The standard InChI is InChI=1S/C7H5ClN2/c8-7-5-3-1-2-4-6(5)9-10-7/h1-5H/t5-/m0/s1. The van der Waals surface area contributed by atoms with Crippen molar-refractivity contribution in [3.63, 3.8) is 0 Å². The maximum absolute atomic E-state index is 5.74. The number of nitrogens with zero attached hydrogens (tertiary/aromatic N) is 2. The summed E-state index contributed by atoms with van der Waals surface area (Å²) in [6.45, 7) is 0. The Morgan fingerprint density at radius 1 is 1.30 bits per heavy atom. The lowest BCUT2D eigenvalue weighted by atomic mass is 10.0. The third kappa shape index (κ3) is 0.727. The molecule has 0 bridgehead atoms. The van der Waals surface area contributed by atoms with E-state index < -0.39 is 0 Å². The van der Waals surface area contributed by atoms with Crippen LogP contribution in [0.1, 0.15) is 0 Å². The average Bonchev–Trinajstić information content (AvgIpc) is 2.34. The van der Waals surface area contributed by atoms with Crippen LogP contribution in [0.3, 0.4) is 0 Å². The van der Waals surface area contributed by atoms with Gasteiger partial charge in [-0.25, -0.2) is 0 Å². The van der Waals surface area contributed by atoms with Crippen molar-refractivity contribution in [2.24, 2.45) is 16.1 Å². The van der Waals surface area contributed by atoms with E-state index in [1.165, 1.54) is 0 Å². The number of halogens is 1. The molecule has 0 amide bonds. The minimum Gasteiger partial charge on any atom is -0.153 e. The van der Waals surface area contributed by atoms with Crippen molar-refractivity contribution in [1.29, 1.82) is 0 Å². The summed E-state index contributed by atoms with van der Waals surface area (Å²) in [5, 5.41) is 8.19. The van der Waals surface area contributed by atoms with Gasteiger partial charge < -0.3 is 0 Å². The van der Waals surface area contributed by atoms with Crippen molar-refractivity contribution in [3.05, 3.63) is 24.3 Å². The molecule has 50 valence electrons. The first-order valence-electron chi connectivity index (χ1n) is 3.04. The summed E-state index contributed by atoms with van der Waals surface area (Å²) in [4.78, 5) is 0. The molecule has 0 unspecified atom stereocenters. The molecule has 0 saturated carbocycles. The van der Waals surface area contributed by atoms with Crippen LogP contribution in [0.2, 0.25) is 0 Å². The van der Waals surface area contributed by atoms with Gasteiger partial charge in [0.1, 0.15) is 5.17 Å². The van der Waals surface area contributed by atoms with E-state index in [1.807, 2.05) is 24.3 Å². The molecule has 10 heavy (non-hydrogen) atoms. The summed E-state index contributed by atoms with van der Waals surface area (Å²) in [6.07, 6.45) is 7.79. The average molecular weight is 153 g/mol. The second kappa shape index (κ2) is 2.06. The third-order valence-electron chi connectivity index (χ3n) is 1.52. The first-order valence-corrected chi connectivity index (χ1v) is 3.41. The third-order valence-corrected chi connectivity index (χ3v) is 1.83. The molecule has 0 N–H and O–H groups in total. The fraction of sp³-hybridized carbons (Fsp3) is 0.143. The first kappa shape index (κ1) is 5.86. The zero-order chi connectivity index (χ0) is 6.97. The molecule has 0 aromatic carbocycles. The lowest BCUT2D eigenvalue weighted by Gasteiger charge is -2.04. The zero-order valence-electron chi connectivity index (χ0n) is 5.16.